The Morgan fingerprint density at radius 3 is 2.70 bits per heavy atom. The molecule has 0 radical (unpaired) electrons. The van der Waals surface area contributed by atoms with Crippen LogP contribution in [-0.4, -0.2) is 23.6 Å². The molecule has 7 nitrogen and oxygen atoms in total. The van der Waals surface area contributed by atoms with Crippen molar-refractivity contribution in [2.24, 2.45) is 0 Å². The van der Waals surface area contributed by atoms with Gasteiger partial charge in [-0.3, -0.25) is 10.1 Å². The first-order valence-corrected chi connectivity index (χ1v) is 7.67. The van der Waals surface area contributed by atoms with E-state index in [0.717, 1.165) is 0 Å². The SMILES string of the molecule is CCOC(=O)Nc1nc(CC(=O)Nc2ccc(C#N)cc2)cs1. The Balaban J connectivity index is 1.89. The number of anilines is 2. The van der Waals surface area contributed by atoms with Crippen molar-refractivity contribution >= 4 is 34.2 Å². The Morgan fingerprint density at radius 1 is 1.30 bits per heavy atom. The van der Waals surface area contributed by atoms with Gasteiger partial charge in [-0.15, -0.1) is 11.3 Å². The molecule has 118 valence electrons. The van der Waals surface area contributed by atoms with E-state index in [0.29, 0.717) is 22.1 Å². The number of nitrogens with one attached hydrogen (secondary N) is 2. The van der Waals surface area contributed by atoms with Crippen molar-refractivity contribution < 1.29 is 14.3 Å². The predicted octanol–water partition coefficient (Wildman–Crippen LogP) is 2.76. The molecule has 23 heavy (non-hydrogen) atoms. The van der Waals surface area contributed by atoms with E-state index >= 15 is 0 Å². The molecule has 1 aromatic carbocycles. The number of carbonyl (C=O) groups is 2. The van der Waals surface area contributed by atoms with Crippen LogP contribution in [0.3, 0.4) is 0 Å². The third-order valence-electron chi connectivity index (χ3n) is 2.68. The fraction of sp³-hybridized carbons (Fsp3) is 0.200. The minimum absolute atomic E-state index is 0.0843. The van der Waals surface area contributed by atoms with E-state index < -0.39 is 6.09 Å². The molecule has 0 bridgehead atoms. The second-order valence-corrected chi connectivity index (χ2v) is 5.26. The summed E-state index contributed by atoms with van der Waals surface area (Å²) >= 11 is 1.22. The van der Waals surface area contributed by atoms with Crippen LogP contribution in [0.5, 0.6) is 0 Å². The predicted molar refractivity (Wildman–Crippen MR) is 86.2 cm³/mol. The van der Waals surface area contributed by atoms with Crippen LogP contribution in [0.15, 0.2) is 29.6 Å². The first-order chi connectivity index (χ1) is 11.1. The molecule has 0 spiro atoms. The monoisotopic (exact) mass is 330 g/mol. The van der Waals surface area contributed by atoms with Gasteiger partial charge in [0.05, 0.1) is 30.4 Å². The smallest absolute Gasteiger partial charge is 0.413 e. The standard InChI is InChI=1S/C15H14N4O3S/c1-2-22-15(21)19-14-18-12(9-23-14)7-13(20)17-11-5-3-10(8-16)4-6-11/h3-6,9H,2,7H2,1H3,(H,17,20)(H,18,19,21). The maximum Gasteiger partial charge on any atom is 0.413 e. The van der Waals surface area contributed by atoms with Gasteiger partial charge < -0.3 is 10.1 Å². The van der Waals surface area contributed by atoms with Crippen molar-refractivity contribution in [3.63, 3.8) is 0 Å². The van der Waals surface area contributed by atoms with E-state index in [1.807, 2.05) is 6.07 Å². The number of rotatable bonds is 5. The Bertz CT molecular complexity index is 734. The first-order valence-electron chi connectivity index (χ1n) is 6.79. The van der Waals surface area contributed by atoms with Crippen LogP contribution < -0.4 is 10.6 Å². The molecule has 0 saturated heterocycles. The highest BCUT2D eigenvalue weighted by Gasteiger charge is 2.10. The topological polar surface area (TPSA) is 104 Å². The maximum atomic E-state index is 11.9. The van der Waals surface area contributed by atoms with Gasteiger partial charge in [-0.05, 0) is 31.2 Å². The third-order valence-corrected chi connectivity index (χ3v) is 3.48. The number of carbonyl (C=O) groups excluding carboxylic acids is 2. The van der Waals surface area contributed by atoms with Gasteiger partial charge in [0, 0.05) is 11.1 Å². The first kappa shape index (κ1) is 16.5. The second kappa shape index (κ2) is 7.91. The molecule has 0 saturated carbocycles. The van der Waals surface area contributed by atoms with Gasteiger partial charge in [0.1, 0.15) is 0 Å². The molecule has 0 aliphatic heterocycles. The number of ether oxygens (including phenoxy) is 1. The summed E-state index contributed by atoms with van der Waals surface area (Å²) in [5.41, 5.74) is 1.68. The van der Waals surface area contributed by atoms with E-state index in [4.69, 9.17) is 10.00 Å². The Hall–Kier alpha value is -2.92. The van der Waals surface area contributed by atoms with Gasteiger partial charge in [0.15, 0.2) is 5.13 Å². The summed E-state index contributed by atoms with van der Waals surface area (Å²) in [5.74, 6) is -0.234. The molecule has 1 aromatic heterocycles. The van der Waals surface area contributed by atoms with Gasteiger partial charge in [0.25, 0.3) is 0 Å². The molecule has 2 rings (SSSR count). The van der Waals surface area contributed by atoms with Gasteiger partial charge in [-0.1, -0.05) is 0 Å². The number of benzene rings is 1. The molecule has 8 heteroatoms. The van der Waals surface area contributed by atoms with Crippen molar-refractivity contribution in [2.45, 2.75) is 13.3 Å². The number of hydrogen-bond donors (Lipinski definition) is 2. The average Bonchev–Trinajstić information content (AvgIpc) is 2.95. The molecule has 0 atom stereocenters. The van der Waals surface area contributed by atoms with Crippen molar-refractivity contribution in [3.05, 3.63) is 40.9 Å². The van der Waals surface area contributed by atoms with Crippen LogP contribution >= 0.6 is 11.3 Å². The summed E-state index contributed by atoms with van der Waals surface area (Å²) in [5, 5.41) is 16.0. The number of nitriles is 1. The third kappa shape index (κ3) is 5.09. The Labute approximate surface area is 136 Å². The lowest BCUT2D eigenvalue weighted by Gasteiger charge is -2.03. The number of aromatic nitrogens is 1. The van der Waals surface area contributed by atoms with Gasteiger partial charge in [-0.25, -0.2) is 9.78 Å². The fourth-order valence-electron chi connectivity index (χ4n) is 1.70. The number of nitrogens with zero attached hydrogens (tertiary/aromatic N) is 2. The quantitative estimate of drug-likeness (QED) is 0.877. The minimum atomic E-state index is -0.574. The van der Waals surface area contributed by atoms with Crippen LogP contribution in [0.4, 0.5) is 15.6 Å². The zero-order valence-electron chi connectivity index (χ0n) is 12.3. The molecule has 2 N–H and O–H groups in total. The molecule has 0 unspecified atom stereocenters. The average molecular weight is 330 g/mol. The molecule has 2 amide bonds. The van der Waals surface area contributed by atoms with E-state index in [1.54, 1.807) is 36.6 Å². The van der Waals surface area contributed by atoms with Gasteiger partial charge in [-0.2, -0.15) is 5.26 Å². The van der Waals surface area contributed by atoms with Crippen molar-refractivity contribution in [3.8, 4) is 6.07 Å². The van der Waals surface area contributed by atoms with Crippen LogP contribution in [0.2, 0.25) is 0 Å². The zero-order valence-corrected chi connectivity index (χ0v) is 13.1. The van der Waals surface area contributed by atoms with Crippen LogP contribution in [0, 0.1) is 11.3 Å². The number of thiazole rings is 1. The Morgan fingerprint density at radius 2 is 2.04 bits per heavy atom. The van der Waals surface area contributed by atoms with Gasteiger partial charge >= 0.3 is 6.09 Å². The summed E-state index contributed by atoms with van der Waals surface area (Å²) in [4.78, 5) is 27.4. The summed E-state index contributed by atoms with van der Waals surface area (Å²) in [7, 11) is 0. The van der Waals surface area contributed by atoms with E-state index in [2.05, 4.69) is 15.6 Å². The maximum absolute atomic E-state index is 11.9. The van der Waals surface area contributed by atoms with Crippen LogP contribution in [0.25, 0.3) is 0 Å². The highest BCUT2D eigenvalue weighted by atomic mass is 32.1. The summed E-state index contributed by atoms with van der Waals surface area (Å²) in [6.45, 7) is 1.98. The molecular weight excluding hydrogens is 316 g/mol. The molecule has 1 heterocycles. The number of amides is 2. The van der Waals surface area contributed by atoms with E-state index in [9.17, 15) is 9.59 Å². The summed E-state index contributed by atoms with van der Waals surface area (Å²) in [6.07, 6.45) is -0.489. The van der Waals surface area contributed by atoms with Crippen molar-refractivity contribution in [1.29, 1.82) is 5.26 Å². The largest absolute Gasteiger partial charge is 0.450 e. The van der Waals surface area contributed by atoms with Crippen molar-refractivity contribution in [2.75, 3.05) is 17.2 Å². The lowest BCUT2D eigenvalue weighted by molar-refractivity contribution is -0.115. The fourth-order valence-corrected chi connectivity index (χ4v) is 2.39. The molecular formula is C15H14N4O3S. The minimum Gasteiger partial charge on any atom is -0.450 e. The van der Waals surface area contributed by atoms with E-state index in [-0.39, 0.29) is 18.9 Å². The highest BCUT2D eigenvalue weighted by Crippen LogP contribution is 2.17. The normalized spacial score (nSPS) is 9.74. The zero-order chi connectivity index (χ0) is 16.7. The van der Waals surface area contributed by atoms with Gasteiger partial charge in [0.2, 0.25) is 5.91 Å². The lowest BCUT2D eigenvalue weighted by atomic mass is 10.2. The summed E-state index contributed by atoms with van der Waals surface area (Å²) < 4.78 is 4.75. The molecule has 0 fully saturated rings. The Kier molecular flexibility index (Phi) is 5.66. The number of hydrogen-bond acceptors (Lipinski definition) is 6. The molecule has 2 aromatic rings. The second-order valence-electron chi connectivity index (χ2n) is 4.40. The van der Waals surface area contributed by atoms with E-state index in [1.165, 1.54) is 11.3 Å². The lowest BCUT2D eigenvalue weighted by Crippen LogP contribution is -2.15. The molecule has 0 aliphatic carbocycles. The highest BCUT2D eigenvalue weighted by molar-refractivity contribution is 7.13. The van der Waals surface area contributed by atoms with Crippen LogP contribution in [0.1, 0.15) is 18.2 Å². The molecule has 0 aliphatic rings. The van der Waals surface area contributed by atoms with Crippen LogP contribution in [-0.2, 0) is 16.0 Å². The summed E-state index contributed by atoms with van der Waals surface area (Å²) in [6, 6.07) is 8.57. The van der Waals surface area contributed by atoms with Crippen molar-refractivity contribution in [1.82, 2.24) is 4.98 Å².